The number of hydrogen-bond acceptors (Lipinski definition) is 3. The van der Waals surface area contributed by atoms with Crippen molar-refractivity contribution in [1.29, 1.82) is 0 Å². The van der Waals surface area contributed by atoms with Crippen molar-refractivity contribution in [3.63, 3.8) is 0 Å². The number of benzene rings is 1. The predicted molar refractivity (Wildman–Crippen MR) is 80.5 cm³/mol. The van der Waals surface area contributed by atoms with E-state index in [1.165, 1.54) is 29.0 Å². The molecule has 1 aromatic carbocycles. The fourth-order valence-electron chi connectivity index (χ4n) is 2.02. The van der Waals surface area contributed by atoms with Crippen LogP contribution in [-0.2, 0) is 6.42 Å². The number of rotatable bonds is 3. The SMILES string of the molecule is Nc1nc(C2CC2)c(Cc2ccc(Cl)c(Br)c2)s1. The van der Waals surface area contributed by atoms with E-state index in [1.807, 2.05) is 6.07 Å². The monoisotopic (exact) mass is 342 g/mol. The molecule has 0 atom stereocenters. The van der Waals surface area contributed by atoms with Gasteiger partial charge in [-0.3, -0.25) is 0 Å². The maximum absolute atomic E-state index is 6.00. The van der Waals surface area contributed by atoms with Crippen molar-refractivity contribution in [3.8, 4) is 0 Å². The fourth-order valence-corrected chi connectivity index (χ4v) is 3.52. The van der Waals surface area contributed by atoms with Crippen LogP contribution in [0.1, 0.15) is 34.9 Å². The second-order valence-corrected chi connectivity index (χ2v) is 6.94. The van der Waals surface area contributed by atoms with Crippen molar-refractivity contribution in [2.45, 2.75) is 25.2 Å². The van der Waals surface area contributed by atoms with Crippen LogP contribution in [0.3, 0.4) is 0 Å². The molecular weight excluding hydrogens is 332 g/mol. The summed E-state index contributed by atoms with van der Waals surface area (Å²) in [6.07, 6.45) is 3.39. The molecule has 0 spiro atoms. The van der Waals surface area contributed by atoms with Gasteiger partial charge in [-0.05, 0) is 46.5 Å². The van der Waals surface area contributed by atoms with Crippen molar-refractivity contribution in [1.82, 2.24) is 4.98 Å². The molecule has 1 aromatic heterocycles. The van der Waals surface area contributed by atoms with E-state index in [0.29, 0.717) is 11.0 Å². The van der Waals surface area contributed by atoms with Gasteiger partial charge in [0.25, 0.3) is 0 Å². The van der Waals surface area contributed by atoms with Crippen molar-refractivity contribution in [3.05, 3.63) is 43.8 Å². The Morgan fingerprint density at radius 1 is 1.44 bits per heavy atom. The quantitative estimate of drug-likeness (QED) is 0.884. The van der Waals surface area contributed by atoms with Crippen LogP contribution in [0, 0.1) is 0 Å². The molecule has 0 bridgehead atoms. The zero-order valence-electron chi connectivity index (χ0n) is 9.62. The molecule has 2 nitrogen and oxygen atoms in total. The molecule has 2 N–H and O–H groups in total. The molecule has 1 aliphatic rings. The first-order valence-corrected chi connectivity index (χ1v) is 7.81. The van der Waals surface area contributed by atoms with E-state index >= 15 is 0 Å². The smallest absolute Gasteiger partial charge is 0.180 e. The highest BCUT2D eigenvalue weighted by Crippen LogP contribution is 2.43. The average molecular weight is 344 g/mol. The molecule has 3 rings (SSSR count). The number of nitrogen functional groups attached to an aromatic ring is 1. The lowest BCUT2D eigenvalue weighted by atomic mass is 10.1. The van der Waals surface area contributed by atoms with Crippen LogP contribution in [0.15, 0.2) is 22.7 Å². The van der Waals surface area contributed by atoms with Gasteiger partial charge in [0, 0.05) is 21.7 Å². The van der Waals surface area contributed by atoms with Gasteiger partial charge in [0.15, 0.2) is 5.13 Å². The Labute approximate surface area is 123 Å². The third-order valence-electron chi connectivity index (χ3n) is 3.06. The van der Waals surface area contributed by atoms with E-state index in [0.717, 1.165) is 15.9 Å². The van der Waals surface area contributed by atoms with Gasteiger partial charge in [0.2, 0.25) is 0 Å². The Balaban J connectivity index is 1.89. The lowest BCUT2D eigenvalue weighted by Crippen LogP contribution is -1.91. The largest absolute Gasteiger partial charge is 0.375 e. The number of thiazole rings is 1. The minimum Gasteiger partial charge on any atom is -0.375 e. The summed E-state index contributed by atoms with van der Waals surface area (Å²) in [6, 6.07) is 6.04. The summed E-state index contributed by atoms with van der Waals surface area (Å²) in [4.78, 5) is 5.76. The highest BCUT2D eigenvalue weighted by atomic mass is 79.9. The second kappa shape index (κ2) is 4.83. The van der Waals surface area contributed by atoms with Gasteiger partial charge < -0.3 is 5.73 Å². The van der Waals surface area contributed by atoms with Crippen LogP contribution in [0.4, 0.5) is 5.13 Å². The summed E-state index contributed by atoms with van der Waals surface area (Å²) >= 11 is 11.1. The molecule has 94 valence electrons. The molecular formula is C13H12BrClN2S. The summed E-state index contributed by atoms with van der Waals surface area (Å²) in [5.74, 6) is 0.643. The van der Waals surface area contributed by atoms with Gasteiger partial charge in [0.05, 0.1) is 10.7 Å². The maximum Gasteiger partial charge on any atom is 0.180 e. The molecule has 0 saturated heterocycles. The summed E-state index contributed by atoms with van der Waals surface area (Å²) in [5, 5.41) is 1.42. The molecule has 1 aliphatic carbocycles. The first-order chi connectivity index (χ1) is 8.63. The minimum absolute atomic E-state index is 0.643. The second-order valence-electron chi connectivity index (χ2n) is 4.56. The highest BCUT2D eigenvalue weighted by Gasteiger charge is 2.29. The van der Waals surface area contributed by atoms with Crippen molar-refractivity contribution in [2.75, 3.05) is 5.73 Å². The molecule has 0 amide bonds. The summed E-state index contributed by atoms with van der Waals surface area (Å²) < 4.78 is 0.937. The Morgan fingerprint density at radius 2 is 2.22 bits per heavy atom. The molecule has 0 aliphatic heterocycles. The van der Waals surface area contributed by atoms with Gasteiger partial charge >= 0.3 is 0 Å². The minimum atomic E-state index is 0.643. The van der Waals surface area contributed by atoms with Gasteiger partial charge in [-0.25, -0.2) is 4.98 Å². The molecule has 0 unspecified atom stereocenters. The first-order valence-electron chi connectivity index (χ1n) is 5.82. The standard InChI is InChI=1S/C13H12BrClN2S/c14-9-5-7(1-4-10(9)15)6-11-12(8-2-3-8)17-13(16)18-11/h1,4-5,8H,2-3,6H2,(H2,16,17). The predicted octanol–water partition coefficient (Wildman–Crippen LogP) is 4.61. The average Bonchev–Trinajstić information content (AvgIpc) is 3.09. The number of halogens is 2. The number of nitrogens with zero attached hydrogens (tertiary/aromatic N) is 1. The van der Waals surface area contributed by atoms with Crippen LogP contribution >= 0.6 is 38.9 Å². The zero-order valence-corrected chi connectivity index (χ0v) is 12.8. The zero-order chi connectivity index (χ0) is 12.7. The Kier molecular flexibility index (Phi) is 3.34. The molecule has 1 heterocycles. The number of aromatic nitrogens is 1. The molecule has 18 heavy (non-hydrogen) atoms. The third-order valence-corrected chi connectivity index (χ3v) is 5.17. The molecule has 1 saturated carbocycles. The number of anilines is 1. The molecule has 0 radical (unpaired) electrons. The van der Waals surface area contributed by atoms with E-state index in [-0.39, 0.29) is 0 Å². The van der Waals surface area contributed by atoms with Crippen molar-refractivity contribution < 1.29 is 0 Å². The molecule has 5 heteroatoms. The first kappa shape index (κ1) is 12.5. The van der Waals surface area contributed by atoms with Crippen LogP contribution in [-0.4, -0.2) is 4.98 Å². The maximum atomic E-state index is 6.00. The lowest BCUT2D eigenvalue weighted by Gasteiger charge is -2.03. The lowest BCUT2D eigenvalue weighted by molar-refractivity contribution is 1.01. The third kappa shape index (κ3) is 2.56. The van der Waals surface area contributed by atoms with E-state index in [4.69, 9.17) is 17.3 Å². The van der Waals surface area contributed by atoms with E-state index in [2.05, 4.69) is 33.0 Å². The Bertz CT molecular complexity index is 593. The van der Waals surface area contributed by atoms with Gasteiger partial charge in [0.1, 0.15) is 0 Å². The van der Waals surface area contributed by atoms with E-state index in [9.17, 15) is 0 Å². The topological polar surface area (TPSA) is 38.9 Å². The van der Waals surface area contributed by atoms with Crippen LogP contribution in [0.25, 0.3) is 0 Å². The van der Waals surface area contributed by atoms with Gasteiger partial charge in [-0.15, -0.1) is 11.3 Å². The molecule has 2 aromatic rings. The number of hydrogen-bond donors (Lipinski definition) is 1. The van der Waals surface area contributed by atoms with Gasteiger partial charge in [-0.1, -0.05) is 17.7 Å². The summed E-state index contributed by atoms with van der Waals surface area (Å²) in [5.41, 5.74) is 8.27. The van der Waals surface area contributed by atoms with Crippen LogP contribution in [0.5, 0.6) is 0 Å². The summed E-state index contributed by atoms with van der Waals surface area (Å²) in [6.45, 7) is 0. The molecule has 1 fully saturated rings. The fraction of sp³-hybridized carbons (Fsp3) is 0.308. The Morgan fingerprint density at radius 3 is 2.89 bits per heavy atom. The van der Waals surface area contributed by atoms with E-state index in [1.54, 1.807) is 11.3 Å². The highest BCUT2D eigenvalue weighted by molar-refractivity contribution is 9.10. The van der Waals surface area contributed by atoms with Crippen LogP contribution in [0.2, 0.25) is 5.02 Å². The van der Waals surface area contributed by atoms with E-state index < -0.39 is 0 Å². The number of nitrogens with two attached hydrogens (primary N) is 1. The normalized spacial score (nSPS) is 15.0. The summed E-state index contributed by atoms with van der Waals surface area (Å²) in [7, 11) is 0. The Hall–Kier alpha value is -0.580. The van der Waals surface area contributed by atoms with Crippen molar-refractivity contribution in [2.24, 2.45) is 0 Å². The van der Waals surface area contributed by atoms with Crippen LogP contribution < -0.4 is 5.73 Å². The van der Waals surface area contributed by atoms with Crippen molar-refractivity contribution >= 4 is 44.0 Å². The van der Waals surface area contributed by atoms with Gasteiger partial charge in [-0.2, -0.15) is 0 Å².